The summed E-state index contributed by atoms with van der Waals surface area (Å²) in [6, 6.07) is 16.0. The second kappa shape index (κ2) is 7.85. The van der Waals surface area contributed by atoms with Gasteiger partial charge in [0.15, 0.2) is 0 Å². The second-order valence-electron chi connectivity index (χ2n) is 8.66. The predicted octanol–water partition coefficient (Wildman–Crippen LogP) is 4.51. The Morgan fingerprint density at radius 3 is 2.83 bits per heavy atom. The fourth-order valence-corrected chi connectivity index (χ4v) is 5.17. The van der Waals surface area contributed by atoms with Crippen LogP contribution in [-0.2, 0) is 19.5 Å². The predicted molar refractivity (Wildman–Crippen MR) is 118 cm³/mol. The summed E-state index contributed by atoms with van der Waals surface area (Å²) in [4.78, 5) is 9.02. The van der Waals surface area contributed by atoms with Gasteiger partial charge in [0.05, 0.1) is 7.11 Å². The zero-order valence-corrected chi connectivity index (χ0v) is 17.6. The number of ether oxygens (including phenoxy) is 1. The zero-order valence-electron chi connectivity index (χ0n) is 17.6. The Labute approximate surface area is 173 Å². The molecule has 0 radical (unpaired) electrons. The molecule has 2 aliphatic rings. The molecule has 0 spiro atoms. The van der Waals surface area contributed by atoms with E-state index in [0.29, 0.717) is 6.04 Å². The molecule has 5 rings (SSSR count). The van der Waals surface area contributed by atoms with Crippen molar-refractivity contribution in [1.29, 1.82) is 0 Å². The molecule has 29 heavy (non-hydrogen) atoms. The van der Waals surface area contributed by atoms with Gasteiger partial charge in [-0.15, -0.1) is 0 Å². The molecule has 0 bridgehead atoms. The number of H-pyrrole nitrogens is 1. The van der Waals surface area contributed by atoms with E-state index in [-0.39, 0.29) is 0 Å². The highest BCUT2D eigenvalue weighted by atomic mass is 16.5. The molecule has 1 N–H and O–H groups in total. The van der Waals surface area contributed by atoms with Crippen molar-refractivity contribution in [3.05, 3.63) is 64.8 Å². The summed E-state index contributed by atoms with van der Waals surface area (Å²) in [5.74, 6) is 0.926. The first-order chi connectivity index (χ1) is 14.2. The summed E-state index contributed by atoms with van der Waals surface area (Å²) < 4.78 is 5.41. The molecule has 4 heteroatoms. The van der Waals surface area contributed by atoms with E-state index in [9.17, 15) is 0 Å². The second-order valence-corrected chi connectivity index (χ2v) is 8.66. The highest BCUT2D eigenvalue weighted by Gasteiger charge is 2.28. The van der Waals surface area contributed by atoms with Crippen molar-refractivity contribution in [3.63, 3.8) is 0 Å². The van der Waals surface area contributed by atoms with E-state index < -0.39 is 0 Å². The fraction of sp³-hybridized carbons (Fsp3) is 0.440. The molecule has 1 fully saturated rings. The van der Waals surface area contributed by atoms with E-state index in [2.05, 4.69) is 58.1 Å². The van der Waals surface area contributed by atoms with Crippen molar-refractivity contribution >= 4 is 10.9 Å². The smallest absolute Gasteiger partial charge is 0.119 e. The van der Waals surface area contributed by atoms with Crippen LogP contribution < -0.4 is 4.74 Å². The Morgan fingerprint density at radius 2 is 1.97 bits per heavy atom. The van der Waals surface area contributed by atoms with Crippen molar-refractivity contribution < 1.29 is 4.74 Å². The minimum absolute atomic E-state index is 0.668. The van der Waals surface area contributed by atoms with Crippen molar-refractivity contribution in [2.24, 2.45) is 0 Å². The normalized spacial score (nSPS) is 20.7. The Hall–Kier alpha value is -2.30. The van der Waals surface area contributed by atoms with Gasteiger partial charge in [-0.05, 0) is 67.6 Å². The number of aromatic nitrogens is 1. The van der Waals surface area contributed by atoms with Gasteiger partial charge in [0.25, 0.3) is 0 Å². The zero-order chi connectivity index (χ0) is 19.8. The monoisotopic (exact) mass is 389 g/mol. The SMILES string of the molecule is COc1ccc2[nH]c(CN3CCCC(N4CCc5ccccc5C4)C3)c(C)c2c1. The van der Waals surface area contributed by atoms with E-state index in [0.717, 1.165) is 18.8 Å². The number of methoxy groups -OCH3 is 1. The number of aryl methyl sites for hydroxylation is 1. The molecule has 1 unspecified atom stereocenters. The lowest BCUT2D eigenvalue weighted by atomic mass is 9.96. The number of likely N-dealkylation sites (tertiary alicyclic amines) is 1. The Balaban J connectivity index is 1.29. The molecule has 1 atom stereocenters. The lowest BCUT2D eigenvalue weighted by molar-refractivity contribution is 0.0832. The third kappa shape index (κ3) is 3.67. The van der Waals surface area contributed by atoms with Crippen molar-refractivity contribution in [3.8, 4) is 5.75 Å². The van der Waals surface area contributed by atoms with E-state index in [1.807, 2.05) is 6.07 Å². The topological polar surface area (TPSA) is 31.5 Å². The number of rotatable bonds is 4. The number of nitrogens with zero attached hydrogens (tertiary/aromatic N) is 2. The van der Waals surface area contributed by atoms with E-state index in [4.69, 9.17) is 4.74 Å². The molecule has 4 nitrogen and oxygen atoms in total. The van der Waals surface area contributed by atoms with Crippen LogP contribution in [0.4, 0.5) is 0 Å². The Kier molecular flexibility index (Phi) is 5.06. The maximum absolute atomic E-state index is 5.41. The number of piperidine rings is 1. The number of fused-ring (bicyclic) bond motifs is 2. The Morgan fingerprint density at radius 1 is 1.10 bits per heavy atom. The average Bonchev–Trinajstić information content (AvgIpc) is 3.08. The van der Waals surface area contributed by atoms with E-state index >= 15 is 0 Å². The average molecular weight is 390 g/mol. The number of hydrogen-bond acceptors (Lipinski definition) is 3. The van der Waals surface area contributed by atoms with Crippen molar-refractivity contribution in [2.75, 3.05) is 26.7 Å². The summed E-state index contributed by atoms with van der Waals surface area (Å²) in [5, 5.41) is 1.28. The molecule has 0 aliphatic carbocycles. The Bertz CT molecular complexity index is 1010. The number of aromatic amines is 1. The highest BCUT2D eigenvalue weighted by Crippen LogP contribution is 2.29. The third-order valence-electron chi connectivity index (χ3n) is 6.91. The number of nitrogens with one attached hydrogen (secondary N) is 1. The minimum Gasteiger partial charge on any atom is -0.497 e. The molecule has 3 heterocycles. The molecule has 1 saturated heterocycles. The van der Waals surface area contributed by atoms with Crippen molar-refractivity contribution in [1.82, 2.24) is 14.8 Å². The van der Waals surface area contributed by atoms with Gasteiger partial charge in [-0.25, -0.2) is 0 Å². The maximum Gasteiger partial charge on any atom is 0.119 e. The maximum atomic E-state index is 5.41. The van der Waals surface area contributed by atoms with Gasteiger partial charge in [-0.1, -0.05) is 24.3 Å². The van der Waals surface area contributed by atoms with Gasteiger partial charge < -0.3 is 9.72 Å². The first-order valence-corrected chi connectivity index (χ1v) is 10.9. The minimum atomic E-state index is 0.668. The summed E-state index contributed by atoms with van der Waals surface area (Å²) >= 11 is 0. The largest absolute Gasteiger partial charge is 0.497 e. The van der Waals surface area contributed by atoms with Gasteiger partial charge in [0.1, 0.15) is 5.75 Å². The molecule has 3 aromatic rings. The first kappa shape index (κ1) is 18.7. The van der Waals surface area contributed by atoms with Crippen LogP contribution in [-0.4, -0.2) is 47.6 Å². The van der Waals surface area contributed by atoms with Crippen LogP contribution in [0.5, 0.6) is 5.75 Å². The molecular weight excluding hydrogens is 358 g/mol. The van der Waals surface area contributed by atoms with Gasteiger partial charge >= 0.3 is 0 Å². The fourth-order valence-electron chi connectivity index (χ4n) is 5.17. The van der Waals surface area contributed by atoms with Crippen LogP contribution in [0.3, 0.4) is 0 Å². The third-order valence-corrected chi connectivity index (χ3v) is 6.91. The van der Waals surface area contributed by atoms with Gasteiger partial charge in [-0.3, -0.25) is 9.80 Å². The summed E-state index contributed by atoms with van der Waals surface area (Å²) in [6.07, 6.45) is 3.80. The summed E-state index contributed by atoms with van der Waals surface area (Å²) in [7, 11) is 1.73. The van der Waals surface area contributed by atoms with E-state index in [1.165, 1.54) is 66.6 Å². The molecule has 152 valence electrons. The summed E-state index contributed by atoms with van der Waals surface area (Å²) in [6.45, 7) is 7.90. The lowest BCUT2D eigenvalue weighted by Crippen LogP contribution is -2.49. The van der Waals surface area contributed by atoms with Gasteiger partial charge in [0.2, 0.25) is 0 Å². The lowest BCUT2D eigenvalue weighted by Gasteiger charge is -2.41. The highest BCUT2D eigenvalue weighted by molar-refractivity contribution is 5.85. The van der Waals surface area contributed by atoms with Crippen LogP contribution in [0.15, 0.2) is 42.5 Å². The molecule has 2 aromatic carbocycles. The first-order valence-electron chi connectivity index (χ1n) is 10.9. The van der Waals surface area contributed by atoms with E-state index in [1.54, 1.807) is 12.7 Å². The molecule has 1 aromatic heterocycles. The number of benzene rings is 2. The molecule has 2 aliphatic heterocycles. The van der Waals surface area contributed by atoms with Crippen LogP contribution in [0.1, 0.15) is 35.2 Å². The van der Waals surface area contributed by atoms with Crippen LogP contribution in [0.2, 0.25) is 0 Å². The molecular formula is C25H31N3O. The molecule has 0 saturated carbocycles. The van der Waals surface area contributed by atoms with Gasteiger partial charge in [0, 0.05) is 48.8 Å². The quantitative estimate of drug-likeness (QED) is 0.712. The summed E-state index contributed by atoms with van der Waals surface area (Å²) in [5.41, 5.74) is 6.97. The van der Waals surface area contributed by atoms with Crippen LogP contribution in [0.25, 0.3) is 10.9 Å². The number of hydrogen-bond donors (Lipinski definition) is 1. The molecule has 0 amide bonds. The standard InChI is InChI=1S/C25H31N3O/c1-18-23-14-22(29-2)9-10-24(23)26-25(18)17-27-12-5-8-21(16-27)28-13-11-19-6-3-4-7-20(19)15-28/h3-4,6-7,9-10,14,21,26H,5,8,11-13,15-17H2,1-2H3. The van der Waals surface area contributed by atoms with Crippen LogP contribution >= 0.6 is 0 Å². The van der Waals surface area contributed by atoms with Crippen molar-refractivity contribution in [2.45, 2.75) is 45.3 Å². The van der Waals surface area contributed by atoms with Gasteiger partial charge in [-0.2, -0.15) is 0 Å². The van der Waals surface area contributed by atoms with Crippen LogP contribution in [0, 0.1) is 6.92 Å².